The van der Waals surface area contributed by atoms with E-state index in [1.165, 1.54) is 0 Å². The third-order valence-electron chi connectivity index (χ3n) is 3.60. The summed E-state index contributed by atoms with van der Waals surface area (Å²) in [5, 5.41) is 14.4. The molecule has 2 aromatic rings. The molecule has 0 aromatic heterocycles. The molecule has 0 spiro atoms. The van der Waals surface area contributed by atoms with Crippen LogP contribution in [0.25, 0.3) is 10.8 Å². The van der Waals surface area contributed by atoms with Crippen LogP contribution in [0.4, 0.5) is 0 Å². The van der Waals surface area contributed by atoms with E-state index in [0.29, 0.717) is 5.75 Å². The molecule has 0 radical (unpaired) electrons. The van der Waals surface area contributed by atoms with Crippen LogP contribution in [0.15, 0.2) is 42.5 Å². The van der Waals surface area contributed by atoms with Gasteiger partial charge in [-0.2, -0.15) is 0 Å². The monoisotopic (exact) mass is 289 g/mol. The van der Waals surface area contributed by atoms with Crippen molar-refractivity contribution in [2.24, 2.45) is 0 Å². The summed E-state index contributed by atoms with van der Waals surface area (Å²) in [6.07, 6.45) is 0. The van der Waals surface area contributed by atoms with Crippen LogP contribution in [0, 0.1) is 0 Å². The second-order valence-electron chi connectivity index (χ2n) is 4.95. The number of carboxylic acids is 1. The molecule has 3 rings (SSSR count). The summed E-state index contributed by atoms with van der Waals surface area (Å²) in [5.74, 6) is -0.308. The Bertz CT molecular complexity index is 680. The van der Waals surface area contributed by atoms with E-state index in [0.717, 1.165) is 16.3 Å². The van der Waals surface area contributed by atoms with E-state index in [4.69, 9.17) is 5.11 Å². The lowest BCUT2D eigenvalue weighted by Gasteiger charge is -2.29. The van der Waals surface area contributed by atoms with Crippen LogP contribution in [-0.2, 0) is 15.6 Å². The molecule has 3 unspecified atom stereocenters. The summed E-state index contributed by atoms with van der Waals surface area (Å²) in [5.41, 5.74) is 1.02. The molecule has 0 amide bonds. The number of rotatable bonds is 2. The SMILES string of the molecule is O=C(O)C1CS(=O)CC(c2cccc3ccccc23)N1. The van der Waals surface area contributed by atoms with Gasteiger partial charge in [0.2, 0.25) is 0 Å². The molecule has 1 aliphatic rings. The Labute approximate surface area is 119 Å². The van der Waals surface area contributed by atoms with Gasteiger partial charge in [-0.1, -0.05) is 42.5 Å². The van der Waals surface area contributed by atoms with E-state index >= 15 is 0 Å². The van der Waals surface area contributed by atoms with Gasteiger partial charge in [0.1, 0.15) is 6.04 Å². The number of aliphatic carboxylic acids is 1. The molecule has 104 valence electrons. The first kappa shape index (κ1) is 13.3. The maximum Gasteiger partial charge on any atom is 0.321 e. The zero-order valence-corrected chi connectivity index (χ0v) is 11.6. The number of carbonyl (C=O) groups is 1. The van der Waals surface area contributed by atoms with E-state index in [1.807, 2.05) is 42.5 Å². The van der Waals surface area contributed by atoms with E-state index in [9.17, 15) is 9.00 Å². The highest BCUT2D eigenvalue weighted by atomic mass is 32.2. The van der Waals surface area contributed by atoms with E-state index in [1.54, 1.807) is 0 Å². The van der Waals surface area contributed by atoms with Gasteiger partial charge < -0.3 is 5.11 Å². The quantitative estimate of drug-likeness (QED) is 0.883. The molecule has 0 aliphatic carbocycles. The van der Waals surface area contributed by atoms with Crippen molar-refractivity contribution in [1.82, 2.24) is 5.32 Å². The number of hydrogen-bond acceptors (Lipinski definition) is 3. The van der Waals surface area contributed by atoms with Crippen molar-refractivity contribution >= 4 is 27.5 Å². The van der Waals surface area contributed by atoms with Gasteiger partial charge in [-0.05, 0) is 16.3 Å². The molecule has 0 saturated carbocycles. The molecule has 2 aromatic carbocycles. The minimum Gasteiger partial charge on any atom is -0.480 e. The Morgan fingerprint density at radius 1 is 1.15 bits per heavy atom. The van der Waals surface area contributed by atoms with Crippen LogP contribution in [-0.4, -0.2) is 32.8 Å². The van der Waals surface area contributed by atoms with E-state index < -0.39 is 22.8 Å². The zero-order chi connectivity index (χ0) is 14.1. The van der Waals surface area contributed by atoms with Crippen LogP contribution in [0.3, 0.4) is 0 Å². The Balaban J connectivity index is 2.02. The molecule has 3 atom stereocenters. The number of hydrogen-bond donors (Lipinski definition) is 2. The predicted molar refractivity (Wildman–Crippen MR) is 79.1 cm³/mol. The van der Waals surface area contributed by atoms with Crippen molar-refractivity contribution in [3.63, 3.8) is 0 Å². The maximum atomic E-state index is 11.9. The topological polar surface area (TPSA) is 66.4 Å². The number of benzene rings is 2. The summed E-state index contributed by atoms with van der Waals surface area (Å²) in [7, 11) is -1.11. The third kappa shape index (κ3) is 2.46. The third-order valence-corrected chi connectivity index (χ3v) is 5.01. The highest BCUT2D eigenvalue weighted by molar-refractivity contribution is 7.85. The number of fused-ring (bicyclic) bond motifs is 1. The first-order valence-electron chi connectivity index (χ1n) is 6.46. The molecule has 1 aliphatic heterocycles. The van der Waals surface area contributed by atoms with Crippen molar-refractivity contribution < 1.29 is 14.1 Å². The van der Waals surface area contributed by atoms with Crippen molar-refractivity contribution in [2.75, 3.05) is 11.5 Å². The Morgan fingerprint density at radius 3 is 2.70 bits per heavy atom. The normalized spacial score (nSPS) is 26.5. The van der Waals surface area contributed by atoms with Crippen molar-refractivity contribution in [2.45, 2.75) is 12.1 Å². The second-order valence-corrected chi connectivity index (χ2v) is 6.50. The Hall–Kier alpha value is -1.72. The van der Waals surface area contributed by atoms with Crippen LogP contribution >= 0.6 is 0 Å². The molecular formula is C15H15NO3S. The predicted octanol–water partition coefficient (Wildman–Crippen LogP) is 1.69. The van der Waals surface area contributed by atoms with E-state index in [2.05, 4.69) is 5.32 Å². The van der Waals surface area contributed by atoms with Gasteiger partial charge in [-0.3, -0.25) is 14.3 Å². The van der Waals surface area contributed by atoms with Gasteiger partial charge in [0.05, 0.1) is 0 Å². The summed E-state index contributed by atoms with van der Waals surface area (Å²) < 4.78 is 11.9. The minimum atomic E-state index is -1.11. The highest BCUT2D eigenvalue weighted by Crippen LogP contribution is 2.27. The smallest absolute Gasteiger partial charge is 0.321 e. The summed E-state index contributed by atoms with van der Waals surface area (Å²) in [6, 6.07) is 13.0. The van der Waals surface area contributed by atoms with Crippen LogP contribution in [0.1, 0.15) is 11.6 Å². The minimum absolute atomic E-state index is 0.177. The fraction of sp³-hybridized carbons (Fsp3) is 0.267. The Kier molecular flexibility index (Phi) is 3.54. The van der Waals surface area contributed by atoms with Gasteiger partial charge >= 0.3 is 5.97 Å². The van der Waals surface area contributed by atoms with Gasteiger partial charge in [-0.15, -0.1) is 0 Å². The molecule has 2 N–H and O–H groups in total. The standard InChI is InChI=1S/C15H15NO3S/c17-15(18)14-9-20(19)8-13(16-14)12-7-3-5-10-4-1-2-6-11(10)12/h1-7,13-14,16H,8-9H2,(H,17,18). The lowest BCUT2D eigenvalue weighted by Crippen LogP contribution is -2.49. The van der Waals surface area contributed by atoms with Crippen molar-refractivity contribution in [1.29, 1.82) is 0 Å². The molecule has 1 saturated heterocycles. The molecule has 1 fully saturated rings. The lowest BCUT2D eigenvalue weighted by atomic mass is 9.99. The number of carboxylic acid groups (broad SMARTS) is 1. The molecule has 4 nitrogen and oxygen atoms in total. The second kappa shape index (κ2) is 5.34. The zero-order valence-electron chi connectivity index (χ0n) is 10.8. The summed E-state index contributed by atoms with van der Waals surface area (Å²) in [4.78, 5) is 11.1. The van der Waals surface area contributed by atoms with Gasteiger partial charge in [0.25, 0.3) is 0 Å². The molecular weight excluding hydrogens is 274 g/mol. The van der Waals surface area contributed by atoms with Gasteiger partial charge in [0, 0.05) is 28.3 Å². The maximum absolute atomic E-state index is 11.9. The molecule has 20 heavy (non-hydrogen) atoms. The number of nitrogens with one attached hydrogen (secondary N) is 1. The largest absolute Gasteiger partial charge is 0.480 e. The van der Waals surface area contributed by atoms with Crippen molar-refractivity contribution in [3.8, 4) is 0 Å². The first-order valence-corrected chi connectivity index (χ1v) is 7.95. The Morgan fingerprint density at radius 2 is 1.90 bits per heavy atom. The van der Waals surface area contributed by atoms with Crippen molar-refractivity contribution in [3.05, 3.63) is 48.0 Å². The van der Waals surface area contributed by atoms with Crippen LogP contribution in [0.2, 0.25) is 0 Å². The lowest BCUT2D eigenvalue weighted by molar-refractivity contribution is -0.139. The summed E-state index contributed by atoms with van der Waals surface area (Å²) >= 11 is 0. The first-order chi connectivity index (χ1) is 9.65. The average molecular weight is 289 g/mol. The van der Waals surface area contributed by atoms with Crippen LogP contribution < -0.4 is 5.32 Å². The molecule has 5 heteroatoms. The fourth-order valence-electron chi connectivity index (χ4n) is 2.66. The fourth-order valence-corrected chi connectivity index (χ4v) is 4.05. The molecule has 0 bridgehead atoms. The van der Waals surface area contributed by atoms with Gasteiger partial charge in [0.15, 0.2) is 0 Å². The average Bonchev–Trinajstić information content (AvgIpc) is 2.46. The molecule has 1 heterocycles. The van der Waals surface area contributed by atoms with Gasteiger partial charge in [-0.25, -0.2) is 0 Å². The van der Waals surface area contributed by atoms with Crippen LogP contribution in [0.5, 0.6) is 0 Å². The highest BCUT2D eigenvalue weighted by Gasteiger charge is 2.31. The summed E-state index contributed by atoms with van der Waals surface area (Å²) in [6.45, 7) is 0. The van der Waals surface area contributed by atoms with E-state index in [-0.39, 0.29) is 11.8 Å².